The minimum Gasteiger partial charge on any atom is -0.365 e. The smallest absolute Gasteiger partial charge is 0.294 e. The number of rotatable bonds is 3. The molecule has 0 saturated carbocycles. The molecule has 34 heavy (non-hydrogen) atoms. The van der Waals surface area contributed by atoms with Gasteiger partial charge in [0, 0.05) is 60.5 Å². The number of anilines is 1. The highest BCUT2D eigenvalue weighted by molar-refractivity contribution is 7.85. The van der Waals surface area contributed by atoms with Crippen LogP contribution in [-0.4, -0.2) is 60.6 Å². The number of fused-ring (bicyclic) bond motifs is 2. The van der Waals surface area contributed by atoms with Gasteiger partial charge >= 0.3 is 0 Å². The van der Waals surface area contributed by atoms with Crippen LogP contribution in [0.4, 0.5) is 5.69 Å². The van der Waals surface area contributed by atoms with Gasteiger partial charge in [-0.3, -0.25) is 9.54 Å². The van der Waals surface area contributed by atoms with Gasteiger partial charge in [-0.2, -0.15) is 8.42 Å². The van der Waals surface area contributed by atoms with E-state index in [2.05, 4.69) is 57.1 Å². The van der Waals surface area contributed by atoms with Crippen molar-refractivity contribution in [2.45, 2.75) is 17.9 Å². The van der Waals surface area contributed by atoms with E-state index in [0.29, 0.717) is 6.04 Å². The van der Waals surface area contributed by atoms with Crippen LogP contribution >= 0.6 is 0 Å². The first-order valence-corrected chi connectivity index (χ1v) is 12.7. The molecule has 2 aromatic carbocycles. The van der Waals surface area contributed by atoms with E-state index in [1.54, 1.807) is 12.1 Å². The molecule has 8 heteroatoms. The lowest BCUT2D eigenvalue weighted by atomic mass is 9.91. The summed E-state index contributed by atoms with van der Waals surface area (Å²) in [6, 6.07) is 17.5. The standard InChI is InChI=1S/C19H20N4.C7H8O3S/c1-22-10-14-11-23(19(14)12-22)15-7-13(8-20-9-15)16-3-2-4-18-17(16)5-6-21-18;1-6-2-4-7(5-3-6)11(8,9)10/h2-9,14,19,21H,10-12H2,1H3;2-5H,1H3,(H,8,9,10)/t14-,19-;/m1./s1. The molecule has 2 fully saturated rings. The van der Waals surface area contributed by atoms with Crippen molar-refractivity contribution >= 4 is 26.7 Å². The molecule has 2 atom stereocenters. The molecule has 176 valence electrons. The molecule has 6 rings (SSSR count). The SMILES string of the molecule is CN1C[C@@H]2CN(c3cncc(-c4cccc5[nH]ccc45)c3)[C@@H]2C1.Cc1ccc(S(=O)(=O)O)cc1. The normalized spacial score (nSPS) is 19.9. The van der Waals surface area contributed by atoms with Crippen LogP contribution in [0.5, 0.6) is 0 Å². The highest BCUT2D eigenvalue weighted by atomic mass is 32.2. The van der Waals surface area contributed by atoms with Crippen molar-refractivity contribution in [3.05, 3.63) is 78.8 Å². The molecule has 0 bridgehead atoms. The number of hydrogen-bond donors (Lipinski definition) is 2. The zero-order valence-corrected chi connectivity index (χ0v) is 20.0. The van der Waals surface area contributed by atoms with Crippen molar-refractivity contribution in [3.63, 3.8) is 0 Å². The van der Waals surface area contributed by atoms with Crippen LogP contribution in [0, 0.1) is 12.8 Å². The van der Waals surface area contributed by atoms with Crippen LogP contribution in [0.2, 0.25) is 0 Å². The van der Waals surface area contributed by atoms with Crippen molar-refractivity contribution in [2.75, 3.05) is 31.6 Å². The van der Waals surface area contributed by atoms with Crippen molar-refractivity contribution < 1.29 is 13.0 Å². The van der Waals surface area contributed by atoms with Crippen LogP contribution in [0.3, 0.4) is 0 Å². The molecular formula is C26H28N4O3S. The van der Waals surface area contributed by atoms with Gasteiger partial charge in [-0.15, -0.1) is 0 Å². The first-order valence-electron chi connectivity index (χ1n) is 11.3. The van der Waals surface area contributed by atoms with Gasteiger partial charge in [-0.05, 0) is 49.9 Å². The second-order valence-corrected chi connectivity index (χ2v) is 10.6. The van der Waals surface area contributed by atoms with Crippen molar-refractivity contribution in [1.82, 2.24) is 14.9 Å². The lowest BCUT2D eigenvalue weighted by Crippen LogP contribution is -2.55. The summed E-state index contributed by atoms with van der Waals surface area (Å²) in [6.45, 7) is 5.40. The summed E-state index contributed by atoms with van der Waals surface area (Å²) in [5.41, 5.74) is 5.83. The molecule has 2 N–H and O–H groups in total. The van der Waals surface area contributed by atoms with Gasteiger partial charge in [0.05, 0.1) is 16.8 Å². The Morgan fingerprint density at radius 1 is 1.03 bits per heavy atom. The number of H-pyrrole nitrogens is 1. The van der Waals surface area contributed by atoms with Gasteiger partial charge in [-0.1, -0.05) is 29.8 Å². The number of benzene rings is 2. The lowest BCUT2D eigenvalue weighted by Gasteiger charge is -2.45. The molecule has 2 saturated heterocycles. The average molecular weight is 477 g/mol. The number of aromatic amines is 1. The zero-order valence-electron chi connectivity index (χ0n) is 19.2. The predicted molar refractivity (Wildman–Crippen MR) is 135 cm³/mol. The Kier molecular flexibility index (Phi) is 5.89. The third kappa shape index (κ3) is 4.44. The summed E-state index contributed by atoms with van der Waals surface area (Å²) < 4.78 is 29.6. The van der Waals surface area contributed by atoms with E-state index in [9.17, 15) is 8.42 Å². The second-order valence-electron chi connectivity index (χ2n) is 9.17. The number of hydrogen-bond acceptors (Lipinski definition) is 5. The molecule has 2 aliphatic rings. The fourth-order valence-electron chi connectivity index (χ4n) is 4.92. The number of aryl methyl sites for hydroxylation is 1. The first kappa shape index (κ1) is 22.6. The van der Waals surface area contributed by atoms with Crippen LogP contribution < -0.4 is 4.90 Å². The Morgan fingerprint density at radius 3 is 2.56 bits per heavy atom. The largest absolute Gasteiger partial charge is 0.365 e. The lowest BCUT2D eigenvalue weighted by molar-refractivity contribution is 0.361. The number of pyridine rings is 1. The number of likely N-dealkylation sites (tertiary alicyclic amines) is 1. The van der Waals surface area contributed by atoms with E-state index in [0.717, 1.165) is 18.0 Å². The molecule has 0 amide bonds. The Bertz CT molecular complexity index is 1420. The average Bonchev–Trinajstić information content (AvgIpc) is 3.39. The van der Waals surface area contributed by atoms with Crippen molar-refractivity contribution in [1.29, 1.82) is 0 Å². The Balaban J connectivity index is 0.000000186. The zero-order chi connectivity index (χ0) is 23.9. The van der Waals surface area contributed by atoms with Crippen molar-refractivity contribution in [3.8, 4) is 11.1 Å². The van der Waals surface area contributed by atoms with E-state index >= 15 is 0 Å². The summed E-state index contributed by atoms with van der Waals surface area (Å²) in [4.78, 5) is 12.7. The Labute approximate surface area is 199 Å². The van der Waals surface area contributed by atoms with E-state index in [1.807, 2.05) is 25.5 Å². The molecule has 0 unspecified atom stereocenters. The molecule has 0 spiro atoms. The van der Waals surface area contributed by atoms with Gasteiger partial charge in [0.25, 0.3) is 10.1 Å². The van der Waals surface area contributed by atoms with Crippen LogP contribution in [0.1, 0.15) is 5.56 Å². The minimum absolute atomic E-state index is 0.0666. The minimum atomic E-state index is -4.02. The number of nitrogens with one attached hydrogen (secondary N) is 1. The number of aromatic nitrogens is 2. The van der Waals surface area contributed by atoms with Crippen LogP contribution in [0.15, 0.2) is 78.1 Å². The predicted octanol–water partition coefficient (Wildman–Crippen LogP) is 4.22. The maximum Gasteiger partial charge on any atom is 0.294 e. The molecule has 0 aliphatic carbocycles. The van der Waals surface area contributed by atoms with E-state index in [1.165, 1.54) is 52.9 Å². The maximum atomic E-state index is 10.5. The van der Waals surface area contributed by atoms with Gasteiger partial charge < -0.3 is 14.8 Å². The molecule has 0 radical (unpaired) electrons. The summed E-state index contributed by atoms with van der Waals surface area (Å²) in [5.74, 6) is 0.830. The monoisotopic (exact) mass is 476 g/mol. The molecule has 7 nitrogen and oxygen atoms in total. The highest BCUT2D eigenvalue weighted by Gasteiger charge is 2.44. The summed E-state index contributed by atoms with van der Waals surface area (Å²) in [5, 5.41) is 1.26. The van der Waals surface area contributed by atoms with Gasteiger partial charge in [0.15, 0.2) is 0 Å². The van der Waals surface area contributed by atoms with E-state index < -0.39 is 10.1 Å². The van der Waals surface area contributed by atoms with Gasteiger partial charge in [0.1, 0.15) is 0 Å². The Morgan fingerprint density at radius 2 is 1.82 bits per heavy atom. The topological polar surface area (TPSA) is 89.5 Å². The first-order chi connectivity index (χ1) is 16.3. The van der Waals surface area contributed by atoms with Crippen LogP contribution in [0.25, 0.3) is 22.0 Å². The maximum absolute atomic E-state index is 10.5. The molecule has 2 aromatic heterocycles. The van der Waals surface area contributed by atoms with Crippen LogP contribution in [-0.2, 0) is 10.1 Å². The van der Waals surface area contributed by atoms with Crippen molar-refractivity contribution in [2.24, 2.45) is 5.92 Å². The molecule has 4 heterocycles. The summed E-state index contributed by atoms with van der Waals surface area (Å²) in [6.07, 6.45) is 5.98. The second kappa shape index (κ2) is 8.87. The fraction of sp³-hybridized carbons (Fsp3) is 0.269. The fourth-order valence-corrected chi connectivity index (χ4v) is 5.40. The quantitative estimate of drug-likeness (QED) is 0.431. The van der Waals surface area contributed by atoms with Gasteiger partial charge in [0.2, 0.25) is 0 Å². The Hall–Kier alpha value is -3.20. The van der Waals surface area contributed by atoms with E-state index in [4.69, 9.17) is 4.55 Å². The number of nitrogens with zero attached hydrogens (tertiary/aromatic N) is 3. The summed E-state index contributed by atoms with van der Waals surface area (Å²) >= 11 is 0. The molecule has 2 aliphatic heterocycles. The van der Waals surface area contributed by atoms with Gasteiger partial charge in [-0.25, -0.2) is 0 Å². The molecule has 4 aromatic rings. The van der Waals surface area contributed by atoms with E-state index in [-0.39, 0.29) is 4.90 Å². The number of likely N-dealkylation sites (N-methyl/N-ethyl adjacent to an activating group) is 1. The highest BCUT2D eigenvalue weighted by Crippen LogP contribution is 2.37. The molecular weight excluding hydrogens is 448 g/mol. The summed E-state index contributed by atoms with van der Waals surface area (Å²) in [7, 11) is -1.80. The third-order valence-electron chi connectivity index (χ3n) is 6.70. The third-order valence-corrected chi connectivity index (χ3v) is 7.57.